The second kappa shape index (κ2) is 7.32. The highest BCUT2D eigenvalue weighted by atomic mass is 16.5. The molecule has 5 heteroatoms. The molecular weight excluding hydrogens is 292 g/mol. The van der Waals surface area contributed by atoms with Crippen LogP contribution in [0, 0.1) is 5.92 Å². The fourth-order valence-corrected chi connectivity index (χ4v) is 3.58. The van der Waals surface area contributed by atoms with Gasteiger partial charge in [0.05, 0.1) is 13.2 Å². The van der Waals surface area contributed by atoms with Crippen LogP contribution in [0.15, 0.2) is 24.3 Å². The second-order valence-corrected chi connectivity index (χ2v) is 6.41. The van der Waals surface area contributed by atoms with Gasteiger partial charge in [-0.15, -0.1) is 0 Å². The molecule has 126 valence electrons. The van der Waals surface area contributed by atoms with E-state index in [1.165, 1.54) is 5.56 Å². The highest BCUT2D eigenvalue weighted by molar-refractivity contribution is 5.77. The molecule has 0 aromatic heterocycles. The van der Waals surface area contributed by atoms with Gasteiger partial charge in [0.25, 0.3) is 0 Å². The largest absolute Gasteiger partial charge is 0.494 e. The predicted molar refractivity (Wildman–Crippen MR) is 88.4 cm³/mol. The number of rotatable bonds is 4. The van der Waals surface area contributed by atoms with Crippen LogP contribution in [0.2, 0.25) is 0 Å². The summed E-state index contributed by atoms with van der Waals surface area (Å²) in [6, 6.07) is 8.47. The number of amides is 1. The molecule has 2 aliphatic rings. The Morgan fingerprint density at radius 2 is 2.17 bits per heavy atom. The second-order valence-electron chi connectivity index (χ2n) is 6.41. The summed E-state index contributed by atoms with van der Waals surface area (Å²) < 4.78 is 11.3. The SMILES string of the molecule is CCOc1ccccc1CN1CC[C@H]2COCC(=O)N(C)[C@H]2C1. The van der Waals surface area contributed by atoms with E-state index in [2.05, 4.69) is 17.0 Å². The zero-order valence-electron chi connectivity index (χ0n) is 14.0. The van der Waals surface area contributed by atoms with Crippen molar-refractivity contribution in [2.75, 3.05) is 40.0 Å². The average molecular weight is 318 g/mol. The van der Waals surface area contributed by atoms with Gasteiger partial charge in [0.1, 0.15) is 12.4 Å². The molecule has 1 aromatic rings. The Morgan fingerprint density at radius 1 is 1.35 bits per heavy atom. The zero-order chi connectivity index (χ0) is 16.2. The van der Waals surface area contributed by atoms with E-state index in [4.69, 9.17) is 9.47 Å². The molecule has 0 N–H and O–H groups in total. The number of likely N-dealkylation sites (tertiary alicyclic amines) is 1. The first kappa shape index (κ1) is 16.3. The molecule has 2 aliphatic heterocycles. The van der Waals surface area contributed by atoms with E-state index in [0.717, 1.165) is 31.8 Å². The van der Waals surface area contributed by atoms with E-state index in [-0.39, 0.29) is 18.6 Å². The van der Waals surface area contributed by atoms with Crippen molar-refractivity contribution in [3.8, 4) is 5.75 Å². The fourth-order valence-electron chi connectivity index (χ4n) is 3.58. The van der Waals surface area contributed by atoms with Crippen LogP contribution in [0.4, 0.5) is 0 Å². The number of hydrogen-bond donors (Lipinski definition) is 0. The van der Waals surface area contributed by atoms with Crippen LogP contribution in [0.3, 0.4) is 0 Å². The van der Waals surface area contributed by atoms with Crippen molar-refractivity contribution in [1.29, 1.82) is 0 Å². The van der Waals surface area contributed by atoms with Crippen LogP contribution in [-0.2, 0) is 16.1 Å². The summed E-state index contributed by atoms with van der Waals surface area (Å²) in [5.74, 6) is 1.50. The first-order valence-electron chi connectivity index (χ1n) is 8.45. The third kappa shape index (κ3) is 3.67. The molecular formula is C18H26N2O3. The molecule has 0 spiro atoms. The number of benzene rings is 1. The Morgan fingerprint density at radius 3 is 3.00 bits per heavy atom. The molecule has 0 saturated carbocycles. The molecule has 0 radical (unpaired) electrons. The minimum Gasteiger partial charge on any atom is -0.494 e. The van der Waals surface area contributed by atoms with Crippen molar-refractivity contribution in [3.05, 3.63) is 29.8 Å². The first-order valence-corrected chi connectivity index (χ1v) is 8.45. The Labute approximate surface area is 138 Å². The van der Waals surface area contributed by atoms with Crippen molar-refractivity contribution < 1.29 is 14.3 Å². The van der Waals surface area contributed by atoms with Crippen LogP contribution in [0.25, 0.3) is 0 Å². The minimum atomic E-state index is 0.0917. The molecule has 2 fully saturated rings. The van der Waals surface area contributed by atoms with Gasteiger partial charge >= 0.3 is 0 Å². The molecule has 1 aromatic carbocycles. The van der Waals surface area contributed by atoms with Gasteiger partial charge in [0.2, 0.25) is 5.91 Å². The van der Waals surface area contributed by atoms with Gasteiger partial charge in [-0.25, -0.2) is 0 Å². The topological polar surface area (TPSA) is 42.0 Å². The maximum atomic E-state index is 12.0. The van der Waals surface area contributed by atoms with E-state index in [9.17, 15) is 4.79 Å². The van der Waals surface area contributed by atoms with Crippen LogP contribution < -0.4 is 4.74 Å². The predicted octanol–water partition coefficient (Wildman–Crippen LogP) is 1.76. The summed E-state index contributed by atoms with van der Waals surface area (Å²) in [5, 5.41) is 0. The third-order valence-electron chi connectivity index (χ3n) is 4.92. The van der Waals surface area contributed by atoms with E-state index >= 15 is 0 Å². The van der Waals surface area contributed by atoms with Crippen LogP contribution in [0.1, 0.15) is 18.9 Å². The lowest BCUT2D eigenvalue weighted by molar-refractivity contribution is -0.134. The maximum Gasteiger partial charge on any atom is 0.248 e. The number of piperidine rings is 1. The highest BCUT2D eigenvalue weighted by Crippen LogP contribution is 2.27. The number of carbonyl (C=O) groups is 1. The fraction of sp³-hybridized carbons (Fsp3) is 0.611. The van der Waals surface area contributed by atoms with Gasteiger partial charge in [0, 0.05) is 37.7 Å². The molecule has 2 atom stereocenters. The van der Waals surface area contributed by atoms with E-state index in [1.807, 2.05) is 31.0 Å². The zero-order valence-corrected chi connectivity index (χ0v) is 14.0. The quantitative estimate of drug-likeness (QED) is 0.848. The molecule has 3 rings (SSSR count). The van der Waals surface area contributed by atoms with Gasteiger partial charge in [-0.1, -0.05) is 18.2 Å². The first-order chi connectivity index (χ1) is 11.2. The van der Waals surface area contributed by atoms with Crippen molar-refractivity contribution >= 4 is 5.91 Å². The van der Waals surface area contributed by atoms with Crippen LogP contribution >= 0.6 is 0 Å². The summed E-state index contributed by atoms with van der Waals surface area (Å²) in [6.07, 6.45) is 1.07. The smallest absolute Gasteiger partial charge is 0.248 e. The summed E-state index contributed by atoms with van der Waals surface area (Å²) in [7, 11) is 1.91. The monoisotopic (exact) mass is 318 g/mol. The van der Waals surface area contributed by atoms with Gasteiger partial charge < -0.3 is 14.4 Å². The average Bonchev–Trinajstić information content (AvgIpc) is 2.70. The van der Waals surface area contributed by atoms with E-state index in [0.29, 0.717) is 19.1 Å². The van der Waals surface area contributed by atoms with Crippen molar-refractivity contribution in [3.63, 3.8) is 0 Å². The number of ether oxygens (including phenoxy) is 2. The lowest BCUT2D eigenvalue weighted by Gasteiger charge is -2.41. The summed E-state index contributed by atoms with van der Waals surface area (Å²) >= 11 is 0. The number of likely N-dealkylation sites (N-methyl/N-ethyl adjacent to an activating group) is 1. The Bertz CT molecular complexity index is 549. The summed E-state index contributed by atoms with van der Waals surface area (Å²) in [6.45, 7) is 6.40. The van der Waals surface area contributed by atoms with Crippen molar-refractivity contribution in [2.45, 2.75) is 25.9 Å². The lowest BCUT2D eigenvalue weighted by atomic mass is 9.91. The normalized spacial score (nSPS) is 25.8. The number of nitrogens with zero attached hydrogens (tertiary/aromatic N) is 2. The minimum absolute atomic E-state index is 0.0917. The van der Waals surface area contributed by atoms with Gasteiger partial charge in [0.15, 0.2) is 0 Å². The molecule has 0 bridgehead atoms. The Balaban J connectivity index is 1.70. The molecule has 1 amide bonds. The molecule has 5 nitrogen and oxygen atoms in total. The molecule has 2 saturated heterocycles. The standard InChI is InChI=1S/C18H26N2O3/c1-3-23-17-7-5-4-6-14(17)10-20-9-8-15-12-22-13-18(21)19(2)16(15)11-20/h4-7,15-16H,3,8-13H2,1-2H3/t15-,16-/m0/s1. The highest BCUT2D eigenvalue weighted by Gasteiger charge is 2.36. The van der Waals surface area contributed by atoms with Gasteiger partial charge in [-0.05, 0) is 26.0 Å². The van der Waals surface area contributed by atoms with Gasteiger partial charge in [-0.2, -0.15) is 0 Å². The number of para-hydroxylation sites is 1. The van der Waals surface area contributed by atoms with E-state index < -0.39 is 0 Å². The van der Waals surface area contributed by atoms with Crippen molar-refractivity contribution in [2.24, 2.45) is 5.92 Å². The number of hydrogen-bond acceptors (Lipinski definition) is 4. The molecule has 0 aliphatic carbocycles. The summed E-state index contributed by atoms with van der Waals surface area (Å²) in [4.78, 5) is 16.3. The van der Waals surface area contributed by atoms with Crippen LogP contribution in [0.5, 0.6) is 5.75 Å². The lowest BCUT2D eigenvalue weighted by Crippen LogP contribution is -2.52. The summed E-state index contributed by atoms with van der Waals surface area (Å²) in [5.41, 5.74) is 1.21. The Hall–Kier alpha value is -1.59. The maximum absolute atomic E-state index is 12.0. The third-order valence-corrected chi connectivity index (χ3v) is 4.92. The Kier molecular flexibility index (Phi) is 5.18. The number of fused-ring (bicyclic) bond motifs is 1. The molecule has 0 unspecified atom stereocenters. The van der Waals surface area contributed by atoms with Gasteiger partial charge in [-0.3, -0.25) is 9.69 Å². The van der Waals surface area contributed by atoms with E-state index in [1.54, 1.807) is 0 Å². The number of carbonyl (C=O) groups excluding carboxylic acids is 1. The molecule has 2 heterocycles. The van der Waals surface area contributed by atoms with Crippen LogP contribution in [-0.4, -0.2) is 61.7 Å². The van der Waals surface area contributed by atoms with Crippen molar-refractivity contribution in [1.82, 2.24) is 9.80 Å². The molecule has 23 heavy (non-hydrogen) atoms.